The Balaban J connectivity index is 1.98. The minimum Gasteiger partial charge on any atom is -0.449 e. The lowest BCUT2D eigenvalue weighted by Crippen LogP contribution is -2.48. The first kappa shape index (κ1) is 14.4. The molecule has 0 spiro atoms. The van der Waals surface area contributed by atoms with Gasteiger partial charge < -0.3 is 14.1 Å². The van der Waals surface area contributed by atoms with Crippen molar-refractivity contribution in [2.45, 2.75) is 33.0 Å². The van der Waals surface area contributed by atoms with Gasteiger partial charge in [-0.1, -0.05) is 23.7 Å². The zero-order valence-corrected chi connectivity index (χ0v) is 13.1. The highest BCUT2D eigenvalue weighted by Gasteiger charge is 2.30. The third-order valence-electron chi connectivity index (χ3n) is 3.82. The lowest BCUT2D eigenvalue weighted by atomic mass is 10.1. The molecule has 4 nitrogen and oxygen atoms in total. The first-order valence-corrected chi connectivity index (χ1v) is 7.47. The van der Waals surface area contributed by atoms with E-state index in [1.165, 1.54) is 0 Å². The summed E-state index contributed by atoms with van der Waals surface area (Å²) in [5, 5.41) is 1.42. The van der Waals surface area contributed by atoms with Gasteiger partial charge in [-0.3, -0.25) is 4.79 Å². The third kappa shape index (κ3) is 2.54. The van der Waals surface area contributed by atoms with Crippen molar-refractivity contribution in [3.63, 3.8) is 0 Å². The van der Waals surface area contributed by atoms with Crippen LogP contribution in [0, 0.1) is 6.92 Å². The van der Waals surface area contributed by atoms with Crippen molar-refractivity contribution in [2.75, 3.05) is 13.1 Å². The van der Waals surface area contributed by atoms with Crippen molar-refractivity contribution >= 4 is 28.5 Å². The van der Waals surface area contributed by atoms with Crippen LogP contribution in [0.5, 0.6) is 0 Å². The summed E-state index contributed by atoms with van der Waals surface area (Å²) in [7, 11) is 0. The van der Waals surface area contributed by atoms with Crippen LogP contribution in [0.1, 0.15) is 30.0 Å². The van der Waals surface area contributed by atoms with Crippen LogP contribution in [0.2, 0.25) is 5.02 Å². The maximum atomic E-state index is 12.7. The van der Waals surface area contributed by atoms with E-state index in [1.807, 2.05) is 32.9 Å². The van der Waals surface area contributed by atoms with Gasteiger partial charge in [-0.2, -0.15) is 0 Å². The van der Waals surface area contributed by atoms with Gasteiger partial charge >= 0.3 is 0 Å². The second-order valence-corrected chi connectivity index (χ2v) is 6.05. The molecule has 0 radical (unpaired) electrons. The van der Waals surface area contributed by atoms with Crippen LogP contribution in [0.4, 0.5) is 0 Å². The van der Waals surface area contributed by atoms with Crippen molar-refractivity contribution in [3.05, 3.63) is 34.5 Å². The number of rotatable bonds is 1. The summed E-state index contributed by atoms with van der Waals surface area (Å²) >= 11 is 6.14. The van der Waals surface area contributed by atoms with Crippen LogP contribution in [-0.2, 0) is 4.74 Å². The van der Waals surface area contributed by atoms with Gasteiger partial charge in [0.25, 0.3) is 5.91 Å². The van der Waals surface area contributed by atoms with Gasteiger partial charge in [-0.25, -0.2) is 0 Å². The molecule has 2 aromatic rings. The number of hydrogen-bond acceptors (Lipinski definition) is 3. The van der Waals surface area contributed by atoms with E-state index in [0.29, 0.717) is 29.5 Å². The van der Waals surface area contributed by atoms with Gasteiger partial charge in [0.1, 0.15) is 0 Å². The van der Waals surface area contributed by atoms with Crippen LogP contribution >= 0.6 is 11.6 Å². The Labute approximate surface area is 128 Å². The molecule has 0 aliphatic carbocycles. The highest BCUT2D eigenvalue weighted by molar-refractivity contribution is 6.35. The molecule has 1 saturated heterocycles. The molecule has 0 saturated carbocycles. The number of carbonyl (C=O) groups is 1. The lowest BCUT2D eigenvalue weighted by Gasteiger charge is -2.34. The molecular weight excluding hydrogens is 290 g/mol. The van der Waals surface area contributed by atoms with Crippen LogP contribution in [-0.4, -0.2) is 36.1 Å². The zero-order valence-electron chi connectivity index (χ0n) is 12.4. The molecule has 1 aliphatic rings. The summed E-state index contributed by atoms with van der Waals surface area (Å²) in [4.78, 5) is 14.5. The molecule has 1 amide bonds. The van der Waals surface area contributed by atoms with Crippen LogP contribution in [0.15, 0.2) is 22.6 Å². The first-order valence-electron chi connectivity index (χ1n) is 7.09. The van der Waals surface area contributed by atoms with E-state index in [0.717, 1.165) is 10.9 Å². The number of carbonyl (C=O) groups excluding carboxylic acids is 1. The number of halogens is 1. The highest BCUT2D eigenvalue weighted by Crippen LogP contribution is 2.31. The predicted molar refractivity (Wildman–Crippen MR) is 81.9 cm³/mol. The Hall–Kier alpha value is -1.52. The monoisotopic (exact) mass is 307 g/mol. The minimum atomic E-state index is -0.0956. The summed E-state index contributed by atoms with van der Waals surface area (Å²) in [5.74, 6) is 0.279. The number of morpholine rings is 1. The maximum Gasteiger partial charge on any atom is 0.290 e. The average Bonchev–Trinajstić information content (AvgIpc) is 2.76. The fraction of sp³-hybridized carbons (Fsp3) is 0.438. The van der Waals surface area contributed by atoms with Crippen molar-refractivity contribution in [1.29, 1.82) is 0 Å². The fourth-order valence-corrected chi connectivity index (χ4v) is 3.11. The van der Waals surface area contributed by atoms with E-state index in [-0.39, 0.29) is 18.1 Å². The second-order valence-electron chi connectivity index (χ2n) is 5.64. The van der Waals surface area contributed by atoms with Gasteiger partial charge in [0.15, 0.2) is 11.3 Å². The number of furan rings is 1. The number of hydrogen-bond donors (Lipinski definition) is 0. The van der Waals surface area contributed by atoms with E-state index in [2.05, 4.69) is 0 Å². The number of benzene rings is 1. The van der Waals surface area contributed by atoms with Gasteiger partial charge in [-0.05, 0) is 26.8 Å². The molecule has 2 atom stereocenters. The Morgan fingerprint density at radius 1 is 1.29 bits per heavy atom. The highest BCUT2D eigenvalue weighted by atomic mass is 35.5. The molecule has 1 aromatic heterocycles. The molecule has 2 heterocycles. The van der Waals surface area contributed by atoms with Gasteiger partial charge in [0.2, 0.25) is 0 Å². The van der Waals surface area contributed by atoms with Crippen molar-refractivity contribution in [1.82, 2.24) is 4.90 Å². The molecule has 1 fully saturated rings. The largest absolute Gasteiger partial charge is 0.449 e. The SMILES string of the molecule is Cc1c(C(=O)N2CC(C)OC(C)C2)oc2c(Cl)cccc12. The second kappa shape index (κ2) is 5.35. The van der Waals surface area contributed by atoms with Gasteiger partial charge in [0, 0.05) is 24.0 Å². The van der Waals surface area contributed by atoms with Crippen LogP contribution in [0.3, 0.4) is 0 Å². The quantitative estimate of drug-likeness (QED) is 0.807. The Bertz CT molecular complexity index is 684. The molecule has 3 rings (SSSR count). The van der Waals surface area contributed by atoms with Gasteiger partial charge in [-0.15, -0.1) is 0 Å². The predicted octanol–water partition coefficient (Wildman–Crippen LogP) is 3.64. The summed E-state index contributed by atoms with van der Waals surface area (Å²) in [6.07, 6.45) is 0.0666. The number of ether oxygens (including phenoxy) is 1. The van der Waals surface area contributed by atoms with E-state index in [4.69, 9.17) is 20.8 Å². The number of amides is 1. The smallest absolute Gasteiger partial charge is 0.290 e. The van der Waals surface area contributed by atoms with Crippen molar-refractivity contribution < 1.29 is 13.9 Å². The first-order chi connectivity index (χ1) is 9.97. The number of aryl methyl sites for hydroxylation is 1. The summed E-state index contributed by atoms with van der Waals surface area (Å²) in [5.41, 5.74) is 1.42. The van der Waals surface area contributed by atoms with E-state index >= 15 is 0 Å². The van der Waals surface area contributed by atoms with Crippen LogP contribution in [0.25, 0.3) is 11.0 Å². The number of nitrogens with zero attached hydrogens (tertiary/aromatic N) is 1. The number of fused-ring (bicyclic) bond motifs is 1. The summed E-state index contributed by atoms with van der Waals surface area (Å²) in [6.45, 7) is 6.99. The Morgan fingerprint density at radius 2 is 1.95 bits per heavy atom. The summed E-state index contributed by atoms with van der Waals surface area (Å²) < 4.78 is 11.4. The minimum absolute atomic E-state index is 0.0333. The van der Waals surface area contributed by atoms with E-state index < -0.39 is 0 Å². The van der Waals surface area contributed by atoms with E-state index in [9.17, 15) is 4.79 Å². The van der Waals surface area contributed by atoms with Gasteiger partial charge in [0.05, 0.1) is 17.2 Å². The molecule has 2 unspecified atom stereocenters. The maximum absolute atomic E-state index is 12.7. The molecule has 0 bridgehead atoms. The zero-order chi connectivity index (χ0) is 15.1. The molecule has 1 aliphatic heterocycles. The molecule has 5 heteroatoms. The fourth-order valence-electron chi connectivity index (χ4n) is 2.90. The number of para-hydroxylation sites is 1. The van der Waals surface area contributed by atoms with Crippen molar-refractivity contribution in [2.24, 2.45) is 0 Å². The molecule has 0 N–H and O–H groups in total. The molecule has 1 aromatic carbocycles. The normalized spacial score (nSPS) is 22.8. The van der Waals surface area contributed by atoms with Crippen molar-refractivity contribution in [3.8, 4) is 0 Å². The standard InChI is InChI=1S/C16H18ClNO3/c1-9-7-18(8-10(2)20-9)16(19)14-11(3)12-5-4-6-13(17)15(12)21-14/h4-6,9-10H,7-8H2,1-3H3. The van der Waals surface area contributed by atoms with Crippen LogP contribution < -0.4 is 0 Å². The molecule has 112 valence electrons. The van der Waals surface area contributed by atoms with E-state index in [1.54, 1.807) is 11.0 Å². The summed E-state index contributed by atoms with van der Waals surface area (Å²) in [6, 6.07) is 5.54. The average molecular weight is 308 g/mol. The molecule has 21 heavy (non-hydrogen) atoms. The topological polar surface area (TPSA) is 42.7 Å². The Kier molecular flexibility index (Phi) is 3.68. The lowest BCUT2D eigenvalue weighted by molar-refractivity contribution is -0.0592. The third-order valence-corrected chi connectivity index (χ3v) is 4.11. The Morgan fingerprint density at radius 3 is 2.57 bits per heavy atom. The molecular formula is C16H18ClNO3.